The predicted molar refractivity (Wildman–Crippen MR) is 71.4 cm³/mol. The third-order valence-corrected chi connectivity index (χ3v) is 4.08. The van der Waals surface area contributed by atoms with Crippen molar-refractivity contribution in [2.24, 2.45) is 0 Å². The molecule has 0 N–H and O–H groups in total. The van der Waals surface area contributed by atoms with Crippen LogP contribution in [0.2, 0.25) is 0 Å². The molecule has 1 aliphatic carbocycles. The topological polar surface area (TPSA) is 95.0 Å². The van der Waals surface area contributed by atoms with Crippen LogP contribution in [-0.4, -0.2) is 20.0 Å². The molecule has 0 aliphatic heterocycles. The Labute approximate surface area is 118 Å². The number of nitrogens with zero attached hydrogens (tertiary/aromatic N) is 4. The van der Waals surface area contributed by atoms with Gasteiger partial charge in [0.1, 0.15) is 0 Å². The quantitative estimate of drug-likeness (QED) is 0.474. The van der Waals surface area contributed by atoms with Gasteiger partial charge in [0.15, 0.2) is 10.9 Å². The van der Waals surface area contributed by atoms with Gasteiger partial charge in [-0.15, -0.1) is 0 Å². The Balaban J connectivity index is 1.77. The van der Waals surface area contributed by atoms with Gasteiger partial charge in [-0.05, 0) is 25.8 Å². The Bertz CT molecular complexity index is 641. The molecule has 0 aromatic carbocycles. The summed E-state index contributed by atoms with van der Waals surface area (Å²) in [5.74, 6) is 1.65. The van der Waals surface area contributed by atoms with Crippen LogP contribution in [0.15, 0.2) is 27.9 Å². The van der Waals surface area contributed by atoms with Gasteiger partial charge in [-0.2, -0.15) is 4.98 Å². The van der Waals surface area contributed by atoms with Crippen LogP contribution in [0.5, 0.6) is 0 Å². The van der Waals surface area contributed by atoms with E-state index >= 15 is 0 Å². The van der Waals surface area contributed by atoms with Crippen molar-refractivity contribution in [1.29, 1.82) is 0 Å². The van der Waals surface area contributed by atoms with Crippen molar-refractivity contribution in [2.75, 3.05) is 0 Å². The summed E-state index contributed by atoms with van der Waals surface area (Å²) in [6.45, 7) is 1.87. The minimum Gasteiger partial charge on any atom is -0.338 e. The van der Waals surface area contributed by atoms with Crippen LogP contribution in [0.25, 0.3) is 0 Å². The molecule has 0 bridgehead atoms. The molecule has 0 amide bonds. The molecule has 0 spiro atoms. The van der Waals surface area contributed by atoms with E-state index in [4.69, 9.17) is 4.52 Å². The van der Waals surface area contributed by atoms with Crippen molar-refractivity contribution in [3.8, 4) is 0 Å². The molecule has 0 saturated heterocycles. The lowest BCUT2D eigenvalue weighted by Crippen LogP contribution is -1.96. The van der Waals surface area contributed by atoms with Gasteiger partial charge in [0.05, 0.1) is 10.2 Å². The van der Waals surface area contributed by atoms with E-state index in [1.165, 1.54) is 24.0 Å². The Morgan fingerprint density at radius 1 is 1.55 bits per heavy atom. The van der Waals surface area contributed by atoms with E-state index in [0.717, 1.165) is 18.7 Å². The summed E-state index contributed by atoms with van der Waals surface area (Å²) in [6.07, 6.45) is 3.74. The highest BCUT2D eigenvalue weighted by molar-refractivity contribution is 7.99. The highest BCUT2D eigenvalue weighted by Gasteiger charge is 2.30. The predicted octanol–water partition coefficient (Wildman–Crippen LogP) is 3.10. The van der Waals surface area contributed by atoms with Crippen molar-refractivity contribution < 1.29 is 9.45 Å². The Kier molecular flexibility index (Phi) is 3.39. The number of aromatic nitrogens is 3. The Morgan fingerprint density at radius 3 is 3.05 bits per heavy atom. The molecule has 2 aromatic rings. The van der Waals surface area contributed by atoms with Crippen LogP contribution >= 0.6 is 11.8 Å². The number of thioether (sulfide) groups is 1. The van der Waals surface area contributed by atoms with Crippen LogP contribution in [-0.2, 0) is 0 Å². The summed E-state index contributed by atoms with van der Waals surface area (Å²) in [6, 6.07) is 2.98. The van der Waals surface area contributed by atoms with Gasteiger partial charge in [0, 0.05) is 18.2 Å². The van der Waals surface area contributed by atoms with E-state index < -0.39 is 4.92 Å². The molecular weight excluding hydrogens is 280 g/mol. The van der Waals surface area contributed by atoms with E-state index in [1.54, 1.807) is 6.07 Å². The minimum absolute atomic E-state index is 0.00807. The third-order valence-electron chi connectivity index (χ3n) is 2.98. The summed E-state index contributed by atoms with van der Waals surface area (Å²) >= 11 is 1.25. The molecular formula is C12H12N4O3S. The van der Waals surface area contributed by atoms with Crippen LogP contribution in [0.1, 0.15) is 42.6 Å². The number of rotatable bonds is 5. The van der Waals surface area contributed by atoms with Gasteiger partial charge in [-0.3, -0.25) is 10.1 Å². The molecule has 20 heavy (non-hydrogen) atoms. The molecule has 1 fully saturated rings. The molecule has 2 aromatic heterocycles. The molecule has 7 nitrogen and oxygen atoms in total. The summed E-state index contributed by atoms with van der Waals surface area (Å²) < 4.78 is 5.22. The lowest BCUT2D eigenvalue weighted by atomic mass is 10.4. The lowest BCUT2D eigenvalue weighted by Gasteiger charge is -2.05. The van der Waals surface area contributed by atoms with E-state index in [1.807, 2.05) is 6.92 Å². The molecule has 8 heteroatoms. The van der Waals surface area contributed by atoms with Crippen molar-refractivity contribution in [3.05, 3.63) is 40.2 Å². The second-order valence-electron chi connectivity index (χ2n) is 4.61. The van der Waals surface area contributed by atoms with Crippen molar-refractivity contribution in [1.82, 2.24) is 15.1 Å². The minimum atomic E-state index is -0.439. The maximum Gasteiger partial charge on any atom is 0.301 e. The summed E-state index contributed by atoms with van der Waals surface area (Å²) in [4.78, 5) is 18.9. The summed E-state index contributed by atoms with van der Waals surface area (Å²) in [7, 11) is 0. The van der Waals surface area contributed by atoms with Crippen molar-refractivity contribution in [3.63, 3.8) is 0 Å². The van der Waals surface area contributed by atoms with Crippen molar-refractivity contribution >= 4 is 17.4 Å². The second kappa shape index (κ2) is 5.20. The summed E-state index contributed by atoms with van der Waals surface area (Å²) in [5, 5.41) is 15.1. The SMILES string of the molecule is C[C@H](Sc1ncccc1[N+](=O)[O-])c1nc(C2CC2)no1. The molecule has 0 unspecified atom stereocenters. The van der Waals surface area contributed by atoms with E-state index in [9.17, 15) is 10.1 Å². The molecule has 104 valence electrons. The maximum atomic E-state index is 10.9. The van der Waals surface area contributed by atoms with Gasteiger partial charge in [-0.25, -0.2) is 4.98 Å². The second-order valence-corrected chi connectivity index (χ2v) is 5.94. The highest BCUT2D eigenvalue weighted by Crippen LogP contribution is 2.41. The smallest absolute Gasteiger partial charge is 0.301 e. The lowest BCUT2D eigenvalue weighted by molar-refractivity contribution is -0.388. The zero-order valence-electron chi connectivity index (χ0n) is 10.7. The fraction of sp³-hybridized carbons (Fsp3) is 0.417. The van der Waals surface area contributed by atoms with E-state index in [0.29, 0.717) is 16.8 Å². The standard InChI is InChI=1S/C12H12N4O3S/c1-7(11-14-10(15-19-11)8-4-5-8)20-12-9(16(17)18)3-2-6-13-12/h2-3,6-8H,4-5H2,1H3/t7-/m0/s1. The van der Waals surface area contributed by atoms with Crippen LogP contribution < -0.4 is 0 Å². The van der Waals surface area contributed by atoms with Gasteiger partial charge in [-0.1, -0.05) is 16.9 Å². The van der Waals surface area contributed by atoms with Crippen LogP contribution in [0, 0.1) is 10.1 Å². The normalized spacial score (nSPS) is 16.1. The molecule has 1 saturated carbocycles. The average molecular weight is 292 g/mol. The molecule has 1 aliphatic rings. The monoisotopic (exact) mass is 292 g/mol. The van der Waals surface area contributed by atoms with Gasteiger partial charge >= 0.3 is 5.69 Å². The number of hydrogen-bond acceptors (Lipinski definition) is 7. The first-order valence-electron chi connectivity index (χ1n) is 6.24. The Hall–Kier alpha value is -1.96. The Morgan fingerprint density at radius 2 is 2.35 bits per heavy atom. The van der Waals surface area contributed by atoms with Crippen LogP contribution in [0.3, 0.4) is 0 Å². The van der Waals surface area contributed by atoms with Gasteiger partial charge < -0.3 is 4.52 Å². The summed E-state index contributed by atoms with van der Waals surface area (Å²) in [5.41, 5.74) is -0.00807. The maximum absolute atomic E-state index is 10.9. The third kappa shape index (κ3) is 2.64. The molecule has 0 radical (unpaired) electrons. The fourth-order valence-corrected chi connectivity index (χ4v) is 2.67. The number of pyridine rings is 1. The first-order chi connectivity index (χ1) is 9.65. The van der Waals surface area contributed by atoms with Crippen molar-refractivity contribution in [2.45, 2.75) is 36.0 Å². The van der Waals surface area contributed by atoms with E-state index in [2.05, 4.69) is 15.1 Å². The number of nitro groups is 1. The van der Waals surface area contributed by atoms with Crippen LogP contribution in [0.4, 0.5) is 5.69 Å². The first kappa shape index (κ1) is 13.0. The van der Waals surface area contributed by atoms with Gasteiger partial charge in [0.2, 0.25) is 5.89 Å². The zero-order valence-corrected chi connectivity index (χ0v) is 11.5. The fourth-order valence-electron chi connectivity index (χ4n) is 1.75. The molecule has 3 rings (SSSR count). The van der Waals surface area contributed by atoms with E-state index in [-0.39, 0.29) is 10.9 Å². The average Bonchev–Trinajstić information content (AvgIpc) is 3.16. The first-order valence-corrected chi connectivity index (χ1v) is 7.12. The molecule has 2 heterocycles. The largest absolute Gasteiger partial charge is 0.338 e. The number of hydrogen-bond donors (Lipinski definition) is 0. The highest BCUT2D eigenvalue weighted by atomic mass is 32.2. The van der Waals surface area contributed by atoms with Gasteiger partial charge in [0.25, 0.3) is 0 Å². The zero-order chi connectivity index (χ0) is 14.1. The molecule has 1 atom stereocenters.